The molecular formula is C24H18F3N5O3. The number of hydrogen-bond donors (Lipinski definition) is 3. The summed E-state index contributed by atoms with van der Waals surface area (Å²) >= 11 is 0. The molecule has 2 aromatic heterocycles. The summed E-state index contributed by atoms with van der Waals surface area (Å²) in [5.74, 6) is -1.26. The van der Waals surface area contributed by atoms with Crippen molar-refractivity contribution >= 4 is 34.3 Å². The molecule has 178 valence electrons. The molecule has 8 nitrogen and oxygen atoms in total. The first-order chi connectivity index (χ1) is 16.6. The Balaban J connectivity index is 1.52. The average Bonchev–Trinajstić information content (AvgIpc) is 2.83. The van der Waals surface area contributed by atoms with Crippen molar-refractivity contribution in [2.45, 2.75) is 19.1 Å². The molecule has 1 unspecified atom stereocenters. The topological polar surface area (TPSA) is 117 Å². The van der Waals surface area contributed by atoms with Gasteiger partial charge in [-0.15, -0.1) is 0 Å². The Labute approximate surface area is 196 Å². The Bertz CT molecular complexity index is 1410. The minimum atomic E-state index is -4.59. The van der Waals surface area contributed by atoms with Crippen LogP contribution in [0.1, 0.15) is 44.9 Å². The third kappa shape index (κ3) is 5.18. The highest BCUT2D eigenvalue weighted by molar-refractivity contribution is 6.05. The van der Waals surface area contributed by atoms with Gasteiger partial charge in [-0.2, -0.15) is 13.2 Å². The van der Waals surface area contributed by atoms with Gasteiger partial charge in [0.2, 0.25) is 0 Å². The van der Waals surface area contributed by atoms with Crippen molar-refractivity contribution in [3.05, 3.63) is 89.5 Å². The largest absolute Gasteiger partial charge is 0.478 e. The molecule has 0 aliphatic rings. The van der Waals surface area contributed by atoms with E-state index in [9.17, 15) is 27.9 Å². The number of nitrogens with zero attached hydrogens (tertiary/aromatic N) is 3. The number of hydrogen-bond acceptors (Lipinski definition) is 6. The molecule has 0 saturated heterocycles. The van der Waals surface area contributed by atoms with Crippen LogP contribution in [0, 0.1) is 0 Å². The zero-order valence-electron chi connectivity index (χ0n) is 18.2. The van der Waals surface area contributed by atoms with Gasteiger partial charge < -0.3 is 15.7 Å². The lowest BCUT2D eigenvalue weighted by Gasteiger charge is -2.17. The lowest BCUT2D eigenvalue weighted by molar-refractivity contribution is -0.141. The molecule has 0 saturated carbocycles. The number of alkyl halides is 3. The number of pyridine rings is 1. The van der Waals surface area contributed by atoms with Crippen molar-refractivity contribution in [1.82, 2.24) is 15.0 Å². The van der Waals surface area contributed by atoms with Crippen LogP contribution in [0.2, 0.25) is 0 Å². The number of fused-ring (bicyclic) bond motifs is 1. The summed E-state index contributed by atoms with van der Waals surface area (Å²) in [6.45, 7) is 1.86. The number of benzene rings is 2. The summed E-state index contributed by atoms with van der Waals surface area (Å²) in [7, 11) is 0. The van der Waals surface area contributed by atoms with E-state index in [1.165, 1.54) is 12.4 Å². The molecule has 0 aliphatic carbocycles. The standard InChI is InChI=1S/C24H18F3N5O3/c1-13(31-21-17-6-3-7-18(23(34)35)20(17)29-12-30-21)14-4-2-5-16(10-14)32-22(33)15-8-9-19(28-11-15)24(25,26)27/h2-13H,1H3,(H,32,33)(H,34,35)(H,29,30,31). The average molecular weight is 481 g/mol. The van der Waals surface area contributed by atoms with Crippen molar-refractivity contribution in [1.29, 1.82) is 0 Å². The quantitative estimate of drug-likeness (QED) is 0.348. The van der Waals surface area contributed by atoms with Crippen LogP contribution in [0.15, 0.2) is 67.1 Å². The second-order valence-electron chi connectivity index (χ2n) is 7.60. The maximum Gasteiger partial charge on any atom is 0.433 e. The fraction of sp³-hybridized carbons (Fsp3) is 0.125. The number of halogens is 3. The maximum atomic E-state index is 12.7. The van der Waals surface area contributed by atoms with Gasteiger partial charge >= 0.3 is 12.1 Å². The molecule has 2 aromatic carbocycles. The number of rotatable bonds is 6. The van der Waals surface area contributed by atoms with Crippen LogP contribution in [0.5, 0.6) is 0 Å². The highest BCUT2D eigenvalue weighted by Gasteiger charge is 2.32. The zero-order valence-corrected chi connectivity index (χ0v) is 18.2. The number of carbonyl (C=O) groups excluding carboxylic acids is 1. The second-order valence-corrected chi connectivity index (χ2v) is 7.60. The molecule has 4 rings (SSSR count). The molecule has 0 radical (unpaired) electrons. The van der Waals surface area contributed by atoms with E-state index in [0.29, 0.717) is 22.4 Å². The fourth-order valence-electron chi connectivity index (χ4n) is 3.45. The number of carbonyl (C=O) groups is 2. The van der Waals surface area contributed by atoms with Gasteiger partial charge in [0, 0.05) is 17.3 Å². The van der Waals surface area contributed by atoms with Gasteiger partial charge in [-0.25, -0.2) is 14.8 Å². The van der Waals surface area contributed by atoms with Crippen LogP contribution in [-0.2, 0) is 6.18 Å². The number of anilines is 2. The second kappa shape index (κ2) is 9.37. The normalized spacial score (nSPS) is 12.2. The Hall–Kier alpha value is -4.54. The molecule has 0 bridgehead atoms. The van der Waals surface area contributed by atoms with E-state index in [0.717, 1.165) is 23.9 Å². The molecule has 35 heavy (non-hydrogen) atoms. The SMILES string of the molecule is CC(Nc1ncnc2c(C(=O)O)cccc12)c1cccc(NC(=O)c2ccc(C(F)(F)F)nc2)c1. The number of carboxylic acids is 1. The highest BCUT2D eigenvalue weighted by Crippen LogP contribution is 2.28. The van der Waals surface area contributed by atoms with E-state index in [4.69, 9.17) is 0 Å². The monoisotopic (exact) mass is 481 g/mol. The van der Waals surface area contributed by atoms with Crippen molar-refractivity contribution in [2.75, 3.05) is 10.6 Å². The van der Waals surface area contributed by atoms with Gasteiger partial charge in [0.05, 0.1) is 22.7 Å². The van der Waals surface area contributed by atoms with Gasteiger partial charge in [-0.05, 0) is 48.9 Å². The molecule has 4 aromatic rings. The van der Waals surface area contributed by atoms with Crippen molar-refractivity contribution in [3.8, 4) is 0 Å². The van der Waals surface area contributed by atoms with Crippen LogP contribution in [0.3, 0.4) is 0 Å². The van der Waals surface area contributed by atoms with Gasteiger partial charge in [-0.3, -0.25) is 9.78 Å². The Morgan fingerprint density at radius 2 is 1.77 bits per heavy atom. The van der Waals surface area contributed by atoms with E-state index in [2.05, 4.69) is 25.6 Å². The predicted octanol–water partition coefficient (Wildman–Crippen LogP) is 5.17. The minimum Gasteiger partial charge on any atom is -0.478 e. The van der Waals surface area contributed by atoms with Crippen LogP contribution < -0.4 is 10.6 Å². The summed E-state index contributed by atoms with van der Waals surface area (Å²) < 4.78 is 38.0. The summed E-state index contributed by atoms with van der Waals surface area (Å²) in [5.41, 5.74) is 0.468. The number of amides is 1. The lowest BCUT2D eigenvalue weighted by atomic mass is 10.1. The molecule has 0 fully saturated rings. The number of carboxylic acid groups (broad SMARTS) is 1. The molecule has 3 N–H and O–H groups in total. The molecule has 1 amide bonds. The Morgan fingerprint density at radius 1 is 1.00 bits per heavy atom. The first kappa shape index (κ1) is 23.6. The van der Waals surface area contributed by atoms with Crippen molar-refractivity contribution in [3.63, 3.8) is 0 Å². The molecule has 0 spiro atoms. The highest BCUT2D eigenvalue weighted by atomic mass is 19.4. The van der Waals surface area contributed by atoms with Gasteiger partial charge in [0.15, 0.2) is 0 Å². The van der Waals surface area contributed by atoms with Gasteiger partial charge in [0.1, 0.15) is 17.8 Å². The number of aromatic nitrogens is 3. The van der Waals surface area contributed by atoms with E-state index in [-0.39, 0.29) is 17.2 Å². The number of nitrogens with one attached hydrogen (secondary N) is 2. The maximum absolute atomic E-state index is 12.7. The van der Waals surface area contributed by atoms with Crippen LogP contribution in [-0.4, -0.2) is 31.9 Å². The summed E-state index contributed by atoms with van der Waals surface area (Å²) in [4.78, 5) is 35.6. The van der Waals surface area contributed by atoms with Crippen LogP contribution >= 0.6 is 0 Å². The molecule has 11 heteroatoms. The summed E-state index contributed by atoms with van der Waals surface area (Å²) in [6.07, 6.45) is -2.44. The Morgan fingerprint density at radius 3 is 2.46 bits per heavy atom. The summed E-state index contributed by atoms with van der Waals surface area (Å²) in [6, 6.07) is 13.2. The predicted molar refractivity (Wildman–Crippen MR) is 122 cm³/mol. The van der Waals surface area contributed by atoms with Crippen molar-refractivity contribution < 1.29 is 27.9 Å². The minimum absolute atomic E-state index is 0.0173. The van der Waals surface area contributed by atoms with Gasteiger partial charge in [-0.1, -0.05) is 18.2 Å². The molecular weight excluding hydrogens is 463 g/mol. The number of para-hydroxylation sites is 1. The number of aromatic carboxylic acids is 1. The Kier molecular flexibility index (Phi) is 6.32. The third-order valence-electron chi connectivity index (χ3n) is 5.21. The molecule has 2 heterocycles. The van der Waals surface area contributed by atoms with Crippen LogP contribution in [0.4, 0.5) is 24.7 Å². The molecule has 1 atom stereocenters. The zero-order chi connectivity index (χ0) is 25.2. The fourth-order valence-corrected chi connectivity index (χ4v) is 3.45. The van der Waals surface area contributed by atoms with E-state index < -0.39 is 23.7 Å². The van der Waals surface area contributed by atoms with Crippen molar-refractivity contribution in [2.24, 2.45) is 0 Å². The van der Waals surface area contributed by atoms with E-state index >= 15 is 0 Å². The third-order valence-corrected chi connectivity index (χ3v) is 5.21. The smallest absolute Gasteiger partial charge is 0.433 e. The lowest BCUT2D eigenvalue weighted by Crippen LogP contribution is -2.15. The van der Waals surface area contributed by atoms with Gasteiger partial charge in [0.25, 0.3) is 5.91 Å². The first-order valence-electron chi connectivity index (χ1n) is 10.3. The van der Waals surface area contributed by atoms with E-state index in [1.54, 1.807) is 30.3 Å². The van der Waals surface area contributed by atoms with Crippen LogP contribution in [0.25, 0.3) is 10.9 Å². The van der Waals surface area contributed by atoms with E-state index in [1.807, 2.05) is 13.0 Å². The first-order valence-corrected chi connectivity index (χ1v) is 10.3. The summed E-state index contributed by atoms with van der Waals surface area (Å²) in [5, 5.41) is 15.8. The molecule has 0 aliphatic heterocycles.